The normalized spacial score (nSPS) is 23.7. The van der Waals surface area contributed by atoms with Crippen molar-refractivity contribution in [1.82, 2.24) is 14.7 Å². The highest BCUT2D eigenvalue weighted by Crippen LogP contribution is 2.34. The van der Waals surface area contributed by atoms with Gasteiger partial charge in [0.2, 0.25) is 0 Å². The van der Waals surface area contributed by atoms with Gasteiger partial charge in [-0.05, 0) is 45.1 Å². The summed E-state index contributed by atoms with van der Waals surface area (Å²) in [6.07, 6.45) is 5.26. The van der Waals surface area contributed by atoms with Crippen molar-refractivity contribution < 1.29 is 5.11 Å². The minimum atomic E-state index is 0.152. The molecule has 1 aliphatic rings. The third kappa shape index (κ3) is 3.86. The summed E-state index contributed by atoms with van der Waals surface area (Å²) in [6.45, 7) is 13.1. The van der Waals surface area contributed by atoms with E-state index in [2.05, 4.69) is 37.7 Å². The first kappa shape index (κ1) is 16.5. The number of likely N-dealkylation sites (tertiary alicyclic amines) is 1. The summed E-state index contributed by atoms with van der Waals surface area (Å²) in [5.74, 6) is 0. The number of aryl methyl sites for hydroxylation is 1. The Balaban J connectivity index is 2.07. The van der Waals surface area contributed by atoms with Crippen molar-refractivity contribution in [2.75, 3.05) is 19.7 Å². The van der Waals surface area contributed by atoms with Crippen molar-refractivity contribution in [3.63, 3.8) is 0 Å². The average molecular weight is 293 g/mol. The van der Waals surface area contributed by atoms with E-state index in [-0.39, 0.29) is 6.61 Å². The zero-order chi connectivity index (χ0) is 15.5. The van der Waals surface area contributed by atoms with E-state index >= 15 is 0 Å². The van der Waals surface area contributed by atoms with Crippen LogP contribution in [0.3, 0.4) is 0 Å². The Morgan fingerprint density at radius 2 is 2.10 bits per heavy atom. The molecule has 21 heavy (non-hydrogen) atoms. The fraction of sp³-hybridized carbons (Fsp3) is 0.824. The monoisotopic (exact) mass is 293 g/mol. The van der Waals surface area contributed by atoms with Gasteiger partial charge in [-0.25, -0.2) is 0 Å². The maximum Gasteiger partial charge on any atom is 0.0644 e. The molecule has 1 N–H and O–H groups in total. The van der Waals surface area contributed by atoms with Gasteiger partial charge >= 0.3 is 0 Å². The van der Waals surface area contributed by atoms with E-state index in [4.69, 9.17) is 5.11 Å². The molecular weight excluding hydrogens is 262 g/mol. The van der Waals surface area contributed by atoms with Crippen LogP contribution in [0.2, 0.25) is 0 Å². The van der Waals surface area contributed by atoms with Crippen molar-refractivity contribution in [2.24, 2.45) is 5.41 Å². The van der Waals surface area contributed by atoms with Gasteiger partial charge in [-0.3, -0.25) is 9.58 Å². The van der Waals surface area contributed by atoms with Crippen LogP contribution in [0.5, 0.6) is 0 Å². The van der Waals surface area contributed by atoms with E-state index in [9.17, 15) is 0 Å². The standard InChI is InChI=1S/C17H31N3O/c1-5-7-17(4)8-6-9-19(13-17)12-16-14(2)18-20(10-11-21)15(16)3/h21H,5-13H2,1-4H3. The Hall–Kier alpha value is -0.870. The molecule has 1 aromatic heterocycles. The van der Waals surface area contributed by atoms with Gasteiger partial charge in [-0.2, -0.15) is 5.10 Å². The molecule has 4 nitrogen and oxygen atoms in total. The van der Waals surface area contributed by atoms with Crippen LogP contribution in [0, 0.1) is 19.3 Å². The first-order valence-corrected chi connectivity index (χ1v) is 8.35. The van der Waals surface area contributed by atoms with Crippen molar-refractivity contribution in [3.05, 3.63) is 17.0 Å². The molecule has 1 aliphatic heterocycles. The van der Waals surface area contributed by atoms with Crippen molar-refractivity contribution in [2.45, 2.75) is 66.5 Å². The molecule has 0 bridgehead atoms. The summed E-state index contributed by atoms with van der Waals surface area (Å²) in [5.41, 5.74) is 4.16. The molecule has 4 heteroatoms. The Bertz CT molecular complexity index is 465. The lowest BCUT2D eigenvalue weighted by Gasteiger charge is -2.40. The van der Waals surface area contributed by atoms with Gasteiger partial charge in [-0.15, -0.1) is 0 Å². The third-order valence-corrected chi connectivity index (χ3v) is 4.94. The van der Waals surface area contributed by atoms with Gasteiger partial charge in [0.05, 0.1) is 18.8 Å². The second kappa shape index (κ2) is 6.93. The van der Waals surface area contributed by atoms with Crippen molar-refractivity contribution in [3.8, 4) is 0 Å². The molecule has 0 spiro atoms. The highest BCUT2D eigenvalue weighted by Gasteiger charge is 2.30. The molecular formula is C17H31N3O. The summed E-state index contributed by atoms with van der Waals surface area (Å²) in [6, 6.07) is 0. The number of nitrogens with zero attached hydrogens (tertiary/aromatic N) is 3. The minimum Gasteiger partial charge on any atom is -0.394 e. The lowest BCUT2D eigenvalue weighted by atomic mass is 9.78. The molecule has 0 aliphatic carbocycles. The predicted molar refractivity (Wildman–Crippen MR) is 86.3 cm³/mol. The molecule has 0 aromatic carbocycles. The summed E-state index contributed by atoms with van der Waals surface area (Å²) in [5, 5.41) is 13.7. The first-order valence-electron chi connectivity index (χ1n) is 8.35. The maximum absolute atomic E-state index is 9.12. The fourth-order valence-electron chi connectivity index (χ4n) is 3.87. The number of aliphatic hydroxyl groups excluding tert-OH is 1. The third-order valence-electron chi connectivity index (χ3n) is 4.94. The van der Waals surface area contributed by atoms with E-state index in [1.165, 1.54) is 50.0 Å². The zero-order valence-corrected chi connectivity index (χ0v) is 14.2. The Labute approximate surface area is 129 Å². The van der Waals surface area contributed by atoms with E-state index < -0.39 is 0 Å². The summed E-state index contributed by atoms with van der Waals surface area (Å²) >= 11 is 0. The predicted octanol–water partition coefficient (Wildman–Crippen LogP) is 2.89. The lowest BCUT2D eigenvalue weighted by Crippen LogP contribution is -2.41. The Morgan fingerprint density at radius 1 is 1.33 bits per heavy atom. The number of piperidine rings is 1. The summed E-state index contributed by atoms with van der Waals surface area (Å²) < 4.78 is 1.94. The zero-order valence-electron chi connectivity index (χ0n) is 14.2. The molecule has 2 heterocycles. The van der Waals surface area contributed by atoms with Gasteiger partial charge in [0.25, 0.3) is 0 Å². The van der Waals surface area contributed by atoms with Crippen LogP contribution in [0.25, 0.3) is 0 Å². The largest absolute Gasteiger partial charge is 0.394 e. The Kier molecular flexibility index (Phi) is 5.44. The minimum absolute atomic E-state index is 0.152. The number of hydrogen-bond acceptors (Lipinski definition) is 3. The van der Waals surface area contributed by atoms with Gasteiger partial charge in [-0.1, -0.05) is 20.3 Å². The SMILES string of the molecule is CCCC1(C)CCCN(Cc2c(C)nn(CCO)c2C)C1. The summed E-state index contributed by atoms with van der Waals surface area (Å²) in [4.78, 5) is 2.60. The quantitative estimate of drug-likeness (QED) is 0.877. The van der Waals surface area contributed by atoms with Crippen LogP contribution in [0.4, 0.5) is 0 Å². The van der Waals surface area contributed by atoms with E-state index in [1.807, 2.05) is 4.68 Å². The maximum atomic E-state index is 9.12. The van der Waals surface area contributed by atoms with Crippen LogP contribution in [0.1, 0.15) is 56.5 Å². The van der Waals surface area contributed by atoms with Gasteiger partial charge in [0.15, 0.2) is 0 Å². The Morgan fingerprint density at radius 3 is 2.76 bits per heavy atom. The van der Waals surface area contributed by atoms with E-state index in [0.717, 1.165) is 12.2 Å². The molecule has 1 atom stereocenters. The molecule has 1 fully saturated rings. The fourth-order valence-corrected chi connectivity index (χ4v) is 3.87. The van der Waals surface area contributed by atoms with Crippen LogP contribution in [-0.2, 0) is 13.1 Å². The van der Waals surface area contributed by atoms with Gasteiger partial charge in [0.1, 0.15) is 0 Å². The number of hydrogen-bond donors (Lipinski definition) is 1. The van der Waals surface area contributed by atoms with Crippen molar-refractivity contribution >= 4 is 0 Å². The van der Waals surface area contributed by atoms with Gasteiger partial charge < -0.3 is 5.11 Å². The van der Waals surface area contributed by atoms with Gasteiger partial charge in [0, 0.05) is 24.3 Å². The summed E-state index contributed by atoms with van der Waals surface area (Å²) in [7, 11) is 0. The number of aliphatic hydroxyl groups is 1. The molecule has 0 amide bonds. The molecule has 0 saturated carbocycles. The van der Waals surface area contributed by atoms with Crippen LogP contribution in [0.15, 0.2) is 0 Å². The second-order valence-corrected chi connectivity index (χ2v) is 6.97. The molecule has 2 rings (SSSR count). The molecule has 1 saturated heterocycles. The number of rotatable bonds is 6. The molecule has 0 radical (unpaired) electrons. The van der Waals surface area contributed by atoms with Crippen LogP contribution >= 0.6 is 0 Å². The highest BCUT2D eigenvalue weighted by atomic mass is 16.3. The second-order valence-electron chi connectivity index (χ2n) is 6.97. The molecule has 1 unspecified atom stereocenters. The lowest BCUT2D eigenvalue weighted by molar-refractivity contribution is 0.0886. The first-order chi connectivity index (χ1) is 9.99. The average Bonchev–Trinajstić information content (AvgIpc) is 2.67. The topological polar surface area (TPSA) is 41.3 Å². The molecule has 120 valence electrons. The van der Waals surface area contributed by atoms with Crippen LogP contribution < -0.4 is 0 Å². The van der Waals surface area contributed by atoms with E-state index in [1.54, 1.807) is 0 Å². The molecule has 1 aromatic rings. The highest BCUT2D eigenvalue weighted by molar-refractivity contribution is 5.24. The van der Waals surface area contributed by atoms with Crippen LogP contribution in [-0.4, -0.2) is 39.5 Å². The van der Waals surface area contributed by atoms with E-state index in [0.29, 0.717) is 12.0 Å². The number of aromatic nitrogens is 2. The van der Waals surface area contributed by atoms with Crippen molar-refractivity contribution in [1.29, 1.82) is 0 Å². The smallest absolute Gasteiger partial charge is 0.0644 e.